The molecule has 0 saturated heterocycles. The van der Waals surface area contributed by atoms with Crippen molar-refractivity contribution in [1.82, 2.24) is 14.5 Å². The minimum Gasteiger partial charge on any atom is -0.507 e. The molecule has 0 saturated carbocycles. The van der Waals surface area contributed by atoms with Gasteiger partial charge in [0.25, 0.3) is 0 Å². The lowest BCUT2D eigenvalue weighted by molar-refractivity contribution is 0.472. The van der Waals surface area contributed by atoms with E-state index in [1.165, 1.54) is 5.56 Å². The van der Waals surface area contributed by atoms with Crippen molar-refractivity contribution in [3.8, 4) is 67.5 Å². The van der Waals surface area contributed by atoms with E-state index in [0.717, 1.165) is 66.8 Å². The second-order valence-electron chi connectivity index (χ2n) is 19.5. The Bertz CT molecular complexity index is 3260. The molecule has 8 aromatic rings. The van der Waals surface area contributed by atoms with Gasteiger partial charge in [-0.25, -0.2) is 4.98 Å². The number of hydrogen-bond acceptors (Lipinski definition) is 3. The molecule has 0 unspecified atom stereocenters. The average Bonchev–Trinajstić information content (AvgIpc) is 3.65. The summed E-state index contributed by atoms with van der Waals surface area (Å²) >= 11 is 0. The quantitative estimate of drug-likeness (QED) is 0.182. The molecule has 4 nitrogen and oxygen atoms in total. The number of para-hydroxylation sites is 1. The Morgan fingerprint density at radius 3 is 1.90 bits per heavy atom. The normalized spacial score (nSPS) is 14.2. The predicted octanol–water partition coefficient (Wildman–Crippen LogP) is 15.3. The van der Waals surface area contributed by atoms with Gasteiger partial charge in [0.2, 0.25) is 0 Å². The highest BCUT2D eigenvalue weighted by Gasteiger charge is 2.26. The van der Waals surface area contributed by atoms with Gasteiger partial charge in [-0.15, -0.1) is 0 Å². The fourth-order valence-electron chi connectivity index (χ4n) is 8.03. The number of benzene rings is 6. The molecule has 0 aliphatic heterocycles. The number of aromatic nitrogens is 3. The summed E-state index contributed by atoms with van der Waals surface area (Å²) in [6.07, 6.45) is 1.57. The summed E-state index contributed by atoms with van der Waals surface area (Å²) in [5, 5.41) is 11.9. The molecule has 4 heteroatoms. The monoisotopic (exact) mass is 809 g/mol. The molecule has 0 aliphatic carbocycles. The number of pyridine rings is 1. The molecule has 8 rings (SSSR count). The lowest BCUT2D eigenvalue weighted by Gasteiger charge is -2.24. The largest absolute Gasteiger partial charge is 0.507 e. The topological polar surface area (TPSA) is 50.9 Å². The number of nitrogens with zero attached hydrogens (tertiary/aromatic N) is 3. The second-order valence-corrected chi connectivity index (χ2v) is 19.5. The van der Waals surface area contributed by atoms with Crippen LogP contribution in [-0.4, -0.2) is 19.6 Å². The highest BCUT2D eigenvalue weighted by atomic mass is 16.3. The van der Waals surface area contributed by atoms with Crippen molar-refractivity contribution in [2.75, 3.05) is 0 Å². The van der Waals surface area contributed by atoms with Gasteiger partial charge in [0, 0.05) is 27.0 Å². The third-order valence-electron chi connectivity index (χ3n) is 11.6. The predicted molar refractivity (Wildman–Crippen MR) is 258 cm³/mol. The Morgan fingerprint density at radius 2 is 1.23 bits per heavy atom. The lowest BCUT2D eigenvalue weighted by atomic mass is 9.83. The molecule has 2 aromatic heterocycles. The first kappa shape index (κ1) is 33.5. The molecular formula is C57H59N3O. The van der Waals surface area contributed by atoms with E-state index >= 15 is 0 Å². The maximum absolute atomic E-state index is 11.9. The molecule has 0 atom stereocenters. The summed E-state index contributed by atoms with van der Waals surface area (Å²) in [6, 6.07) is 33.2. The summed E-state index contributed by atoms with van der Waals surface area (Å²) in [7, 11) is 0. The smallest absolute Gasteiger partial charge is 0.149 e. The maximum atomic E-state index is 11.9. The molecule has 308 valence electrons. The highest BCUT2D eigenvalue weighted by Crippen LogP contribution is 2.43. The molecule has 0 radical (unpaired) electrons. The second kappa shape index (κ2) is 15.3. The van der Waals surface area contributed by atoms with E-state index in [1.807, 2.05) is 32.0 Å². The first-order chi connectivity index (χ1) is 31.6. The SMILES string of the molecule is [2H]c1c([2H])c(C([2H])([2H])[2H])c([2H])c([2H])c1-c1ccnc(-c2cc(-c3cccc4c3nc(-c3cc(C)cc(C)c3O)n4-c3cc(C(C)(C)C)ccc3-c3ccc(C(C)(C)C)cc3)cc(C(C)(C)C)c2)c1. The van der Waals surface area contributed by atoms with Crippen LogP contribution in [0.2, 0.25) is 0 Å². The van der Waals surface area contributed by atoms with Gasteiger partial charge >= 0.3 is 0 Å². The molecule has 0 aliphatic rings. The van der Waals surface area contributed by atoms with Gasteiger partial charge in [0.1, 0.15) is 11.6 Å². The zero-order valence-corrected chi connectivity index (χ0v) is 37.2. The van der Waals surface area contributed by atoms with Crippen LogP contribution in [0.15, 0.2) is 133 Å². The Morgan fingerprint density at radius 1 is 0.557 bits per heavy atom. The molecule has 6 aromatic carbocycles. The number of phenolic OH excluding ortho intramolecular Hbond substituents is 1. The van der Waals surface area contributed by atoms with Gasteiger partial charge in [-0.05, 0) is 129 Å². The average molecular weight is 809 g/mol. The fraction of sp³-hybridized carbons (Fsp3) is 0.263. The summed E-state index contributed by atoms with van der Waals surface area (Å²) in [5.74, 6) is 0.760. The molecule has 2 heterocycles. The summed E-state index contributed by atoms with van der Waals surface area (Å²) < 4.78 is 60.7. The van der Waals surface area contributed by atoms with Gasteiger partial charge in [-0.2, -0.15) is 0 Å². The molecule has 0 bridgehead atoms. The Hall–Kier alpha value is -6.26. The van der Waals surface area contributed by atoms with Crippen LogP contribution in [0, 0.1) is 20.7 Å². The number of fused-ring (bicyclic) bond motifs is 1. The van der Waals surface area contributed by atoms with Crippen molar-refractivity contribution < 1.29 is 14.7 Å². The van der Waals surface area contributed by atoms with Gasteiger partial charge in [0.05, 0.1) is 33.5 Å². The van der Waals surface area contributed by atoms with Gasteiger partial charge < -0.3 is 5.11 Å². The van der Waals surface area contributed by atoms with Crippen LogP contribution in [0.25, 0.3) is 72.7 Å². The Balaban J connectivity index is 1.41. The van der Waals surface area contributed by atoms with Crippen LogP contribution in [0.4, 0.5) is 0 Å². The number of hydrogen-bond donors (Lipinski definition) is 1. The van der Waals surface area contributed by atoms with Gasteiger partial charge in [-0.1, -0.05) is 153 Å². The third-order valence-corrected chi connectivity index (χ3v) is 11.6. The highest BCUT2D eigenvalue weighted by molar-refractivity contribution is 5.98. The van der Waals surface area contributed by atoms with Crippen LogP contribution in [0.1, 0.15) is 105 Å². The van der Waals surface area contributed by atoms with E-state index < -0.39 is 36.6 Å². The fourth-order valence-corrected chi connectivity index (χ4v) is 8.03. The maximum Gasteiger partial charge on any atom is 0.149 e. The summed E-state index contributed by atoms with van der Waals surface area (Å²) in [5.41, 5.74) is 12.6. The Labute approximate surface area is 372 Å². The zero-order chi connectivity index (χ0) is 49.6. The summed E-state index contributed by atoms with van der Waals surface area (Å²) in [4.78, 5) is 10.3. The third kappa shape index (κ3) is 8.16. The van der Waals surface area contributed by atoms with Crippen LogP contribution in [0.5, 0.6) is 5.75 Å². The van der Waals surface area contributed by atoms with E-state index in [9.17, 15) is 5.11 Å². The van der Waals surface area contributed by atoms with Crippen molar-refractivity contribution in [3.63, 3.8) is 0 Å². The first-order valence-electron chi connectivity index (χ1n) is 24.5. The van der Waals surface area contributed by atoms with E-state index in [2.05, 4.69) is 140 Å². The standard InChI is InChI=1S/C57H59N3O/c1-35-16-18-38(19-17-35)40-26-27-58-49(33-40)42-30-41(31-45(32-42)57(10,11)12)47-14-13-15-50-52(47)59-54(48-29-36(2)28-37(3)53(48)61)60(50)51-34-44(56(7,8)9)24-25-46(51)39-20-22-43(23-21-39)55(4,5)6/h13-34,61H,1-12H3/i1D3,16D,17D,18D,19D. The number of rotatable bonds is 6. The number of imidazole rings is 1. The molecule has 61 heavy (non-hydrogen) atoms. The number of aromatic hydroxyl groups is 1. The van der Waals surface area contributed by atoms with Gasteiger partial charge in [0.15, 0.2) is 0 Å². The van der Waals surface area contributed by atoms with E-state index in [1.54, 1.807) is 18.3 Å². The number of phenols is 1. The molecule has 0 fully saturated rings. The van der Waals surface area contributed by atoms with E-state index in [-0.39, 0.29) is 27.6 Å². The minimum atomic E-state index is -2.82. The molecule has 0 amide bonds. The molecule has 0 spiro atoms. The van der Waals surface area contributed by atoms with E-state index in [4.69, 9.17) is 19.6 Å². The van der Waals surface area contributed by atoms with Crippen molar-refractivity contribution >= 4 is 11.0 Å². The van der Waals surface area contributed by atoms with Crippen molar-refractivity contribution in [2.45, 2.75) is 99.3 Å². The van der Waals surface area contributed by atoms with Gasteiger partial charge in [-0.3, -0.25) is 9.55 Å². The first-order valence-corrected chi connectivity index (χ1v) is 21.0. The zero-order valence-electron chi connectivity index (χ0n) is 44.2. The van der Waals surface area contributed by atoms with Crippen molar-refractivity contribution in [2.24, 2.45) is 0 Å². The number of aryl methyl sites for hydroxylation is 2. The summed E-state index contributed by atoms with van der Waals surface area (Å²) in [6.45, 7) is 20.8. The molecule has 1 N–H and O–H groups in total. The van der Waals surface area contributed by atoms with Crippen LogP contribution >= 0.6 is 0 Å². The minimum absolute atomic E-state index is 0.00127. The Kier molecular flexibility index (Phi) is 8.41. The van der Waals surface area contributed by atoms with Crippen LogP contribution in [-0.2, 0) is 16.2 Å². The lowest BCUT2D eigenvalue weighted by Crippen LogP contribution is -2.13. The van der Waals surface area contributed by atoms with Crippen LogP contribution in [0.3, 0.4) is 0 Å². The van der Waals surface area contributed by atoms with E-state index in [0.29, 0.717) is 22.6 Å². The molecular weight excluding hydrogens is 743 g/mol. The van der Waals surface area contributed by atoms with Crippen molar-refractivity contribution in [1.29, 1.82) is 0 Å². The van der Waals surface area contributed by atoms with Crippen molar-refractivity contribution in [3.05, 3.63) is 167 Å². The van der Waals surface area contributed by atoms with Crippen LogP contribution < -0.4 is 0 Å².